The smallest absolute Gasteiger partial charge is 0.234 e. The first kappa shape index (κ1) is 11.0. The van der Waals surface area contributed by atoms with Gasteiger partial charge in [0, 0.05) is 11.1 Å². The molecule has 2 aromatic carbocycles. The van der Waals surface area contributed by atoms with Crippen molar-refractivity contribution in [2.75, 3.05) is 0 Å². The van der Waals surface area contributed by atoms with Crippen molar-refractivity contribution in [3.05, 3.63) is 47.5 Å². The minimum atomic E-state index is -0.532. The molecule has 0 fully saturated rings. The highest BCUT2D eigenvalue weighted by Crippen LogP contribution is 2.31. The lowest BCUT2D eigenvalue weighted by Gasteiger charge is -2.18. The average Bonchev–Trinajstić information content (AvgIpc) is 2.36. The van der Waals surface area contributed by atoms with Gasteiger partial charge in [0.25, 0.3) is 0 Å². The van der Waals surface area contributed by atoms with Crippen molar-refractivity contribution in [3.63, 3.8) is 0 Å². The molecule has 18 heavy (non-hydrogen) atoms. The molecule has 0 N–H and O–H groups in total. The molecule has 0 unspecified atom stereocenters. The summed E-state index contributed by atoms with van der Waals surface area (Å²) in [6.45, 7) is 0. The molecule has 0 aromatic heterocycles. The number of hydrogen-bond acceptors (Lipinski definition) is 2. The van der Waals surface area contributed by atoms with Crippen molar-refractivity contribution in [2.45, 2.75) is 0 Å². The molecular weight excluding hydrogens is 222 g/mol. The molecule has 0 heterocycles. The molecule has 3 rings (SSSR count). The molecule has 0 saturated carbocycles. The quantitative estimate of drug-likeness (QED) is 0.480. The van der Waals surface area contributed by atoms with Gasteiger partial charge in [0.05, 0.1) is 0 Å². The number of ketones is 2. The lowest BCUT2D eigenvalue weighted by Crippen LogP contribution is -2.24. The van der Waals surface area contributed by atoms with E-state index in [-0.39, 0.29) is 0 Å². The minimum Gasteiger partial charge on any atom is -0.285 e. The number of Topliss-reactive ketones (excluding diaryl/α,β-unsaturated/α-hetero) is 2. The van der Waals surface area contributed by atoms with Crippen LogP contribution < -0.4 is 10.9 Å². The molecule has 4 radical (unpaired) electrons. The summed E-state index contributed by atoms with van der Waals surface area (Å²) in [5.41, 5.74) is 3.10. The Morgan fingerprint density at radius 3 is 1.39 bits per heavy atom. The lowest BCUT2D eigenvalue weighted by molar-refractivity contribution is 0.0815. The van der Waals surface area contributed by atoms with Gasteiger partial charge in [-0.3, -0.25) is 9.59 Å². The first-order valence-electron chi connectivity index (χ1n) is 5.46. The maximum Gasteiger partial charge on any atom is 0.234 e. The second-order valence-corrected chi connectivity index (χ2v) is 4.27. The molecule has 2 aromatic rings. The monoisotopic (exact) mass is 228 g/mol. The van der Waals surface area contributed by atoms with E-state index in [0.717, 1.165) is 11.1 Å². The fraction of sp³-hybridized carbons (Fsp3) is 0. The zero-order valence-electron chi connectivity index (χ0n) is 9.44. The predicted molar refractivity (Wildman–Crippen MR) is 71.3 cm³/mol. The van der Waals surface area contributed by atoms with E-state index in [2.05, 4.69) is 0 Å². The van der Waals surface area contributed by atoms with E-state index in [1.165, 1.54) is 12.1 Å². The summed E-state index contributed by atoms with van der Waals surface area (Å²) in [6.07, 6.45) is 0. The van der Waals surface area contributed by atoms with Crippen LogP contribution in [0.25, 0.3) is 11.1 Å². The van der Waals surface area contributed by atoms with E-state index in [4.69, 9.17) is 15.7 Å². The topological polar surface area (TPSA) is 34.1 Å². The largest absolute Gasteiger partial charge is 0.285 e. The molecule has 0 aliphatic heterocycles. The number of benzene rings is 2. The minimum absolute atomic E-state index is 0.359. The van der Waals surface area contributed by atoms with Gasteiger partial charge in [-0.25, -0.2) is 0 Å². The van der Waals surface area contributed by atoms with E-state index >= 15 is 0 Å². The molecule has 0 spiro atoms. The molecule has 0 saturated heterocycles. The Labute approximate surface area is 107 Å². The van der Waals surface area contributed by atoms with Crippen LogP contribution in [-0.2, 0) is 0 Å². The van der Waals surface area contributed by atoms with Gasteiger partial charge in [0.15, 0.2) is 0 Å². The standard InChI is InChI=1S/C14H6B2O2/c15-7-1-3-9-10-4-2-8(16)6-12(10)14(18)13(17)11(9)5-7/h1-6H. The summed E-state index contributed by atoms with van der Waals surface area (Å²) in [6, 6.07) is 10.0. The molecule has 0 bridgehead atoms. The van der Waals surface area contributed by atoms with Gasteiger partial charge in [-0.1, -0.05) is 47.3 Å². The van der Waals surface area contributed by atoms with Gasteiger partial charge in [0.1, 0.15) is 15.7 Å². The van der Waals surface area contributed by atoms with E-state index in [1.807, 2.05) is 0 Å². The average molecular weight is 228 g/mol. The van der Waals surface area contributed by atoms with Crippen LogP contribution in [0, 0.1) is 0 Å². The molecule has 80 valence electrons. The summed E-state index contributed by atoms with van der Waals surface area (Å²) in [4.78, 5) is 24.0. The Hall–Kier alpha value is -2.09. The second-order valence-electron chi connectivity index (χ2n) is 4.27. The second kappa shape index (κ2) is 3.70. The summed E-state index contributed by atoms with van der Waals surface area (Å²) < 4.78 is 0. The molecule has 0 amide bonds. The van der Waals surface area contributed by atoms with Crippen molar-refractivity contribution in [2.24, 2.45) is 0 Å². The third-order valence-corrected chi connectivity index (χ3v) is 3.07. The Morgan fingerprint density at radius 1 is 0.611 bits per heavy atom. The first-order valence-corrected chi connectivity index (χ1v) is 5.46. The summed E-state index contributed by atoms with van der Waals surface area (Å²) in [7, 11) is 11.3. The van der Waals surface area contributed by atoms with Crippen molar-refractivity contribution < 1.29 is 9.59 Å². The summed E-state index contributed by atoms with van der Waals surface area (Å²) in [5.74, 6) is -1.06. The van der Waals surface area contributed by atoms with Crippen LogP contribution in [-0.4, -0.2) is 27.3 Å². The number of carbonyl (C=O) groups excluding carboxylic acids is 2. The van der Waals surface area contributed by atoms with E-state index in [0.29, 0.717) is 22.1 Å². The highest BCUT2D eigenvalue weighted by molar-refractivity contribution is 6.54. The molecule has 1 aliphatic carbocycles. The van der Waals surface area contributed by atoms with Gasteiger partial charge >= 0.3 is 0 Å². The van der Waals surface area contributed by atoms with Gasteiger partial charge in [-0.05, 0) is 11.1 Å². The summed E-state index contributed by atoms with van der Waals surface area (Å²) in [5, 5.41) is 0. The van der Waals surface area contributed by atoms with E-state index in [9.17, 15) is 9.59 Å². The molecule has 1 aliphatic rings. The fourth-order valence-electron chi connectivity index (χ4n) is 2.21. The van der Waals surface area contributed by atoms with Crippen molar-refractivity contribution in [1.82, 2.24) is 0 Å². The number of hydrogen-bond donors (Lipinski definition) is 0. The normalized spacial score (nSPS) is 13.1. The zero-order valence-corrected chi connectivity index (χ0v) is 9.44. The van der Waals surface area contributed by atoms with E-state index in [1.54, 1.807) is 24.3 Å². The van der Waals surface area contributed by atoms with Gasteiger partial charge in [-0.15, -0.1) is 0 Å². The SMILES string of the molecule is [B]c1ccc2c(c1)C(=O)C(=O)c1cc([B])ccc1-2. The molecule has 0 atom stereocenters. The maximum atomic E-state index is 12.0. The van der Waals surface area contributed by atoms with Crippen LogP contribution in [0.3, 0.4) is 0 Å². The predicted octanol–water partition coefficient (Wildman–Crippen LogP) is 0.320. The highest BCUT2D eigenvalue weighted by Gasteiger charge is 2.29. The van der Waals surface area contributed by atoms with Gasteiger partial charge in [0.2, 0.25) is 11.6 Å². The Morgan fingerprint density at radius 2 is 1.00 bits per heavy atom. The van der Waals surface area contributed by atoms with Gasteiger partial charge < -0.3 is 0 Å². The summed E-state index contributed by atoms with van der Waals surface area (Å²) >= 11 is 0. The van der Waals surface area contributed by atoms with Crippen LogP contribution in [0.4, 0.5) is 0 Å². The van der Waals surface area contributed by atoms with Crippen LogP contribution in [0.5, 0.6) is 0 Å². The molecule has 2 nitrogen and oxygen atoms in total. The van der Waals surface area contributed by atoms with Crippen LogP contribution in [0.15, 0.2) is 36.4 Å². The highest BCUT2D eigenvalue weighted by atomic mass is 16.2. The van der Waals surface area contributed by atoms with Crippen molar-refractivity contribution in [3.8, 4) is 11.1 Å². The van der Waals surface area contributed by atoms with Crippen LogP contribution in [0.2, 0.25) is 0 Å². The van der Waals surface area contributed by atoms with Crippen LogP contribution in [0.1, 0.15) is 20.7 Å². The first-order chi connectivity index (χ1) is 8.58. The van der Waals surface area contributed by atoms with Crippen molar-refractivity contribution in [1.29, 1.82) is 0 Å². The lowest BCUT2D eigenvalue weighted by atomic mass is 9.79. The van der Waals surface area contributed by atoms with Crippen LogP contribution >= 0.6 is 0 Å². The molecular formula is C14H6B2O2. The third-order valence-electron chi connectivity index (χ3n) is 3.07. The Balaban J connectivity index is 2.38. The van der Waals surface area contributed by atoms with Gasteiger partial charge in [-0.2, -0.15) is 0 Å². The number of rotatable bonds is 0. The number of fused-ring (bicyclic) bond motifs is 3. The Kier molecular flexibility index (Phi) is 2.27. The zero-order chi connectivity index (χ0) is 12.9. The molecule has 4 heteroatoms. The van der Waals surface area contributed by atoms with E-state index < -0.39 is 11.6 Å². The third kappa shape index (κ3) is 1.46. The maximum absolute atomic E-state index is 12.0. The Bertz CT molecular complexity index is 643. The van der Waals surface area contributed by atoms with Crippen molar-refractivity contribution >= 4 is 38.2 Å². The number of carbonyl (C=O) groups is 2. The fourth-order valence-corrected chi connectivity index (χ4v) is 2.21.